The van der Waals surface area contributed by atoms with Gasteiger partial charge in [0.1, 0.15) is 18.1 Å². The van der Waals surface area contributed by atoms with Crippen LogP contribution in [-0.4, -0.2) is 32.3 Å². The van der Waals surface area contributed by atoms with Gasteiger partial charge in [0.2, 0.25) is 5.95 Å². The highest BCUT2D eigenvalue weighted by molar-refractivity contribution is 6.05. The van der Waals surface area contributed by atoms with Crippen LogP contribution < -0.4 is 21.5 Å². The summed E-state index contributed by atoms with van der Waals surface area (Å²) < 4.78 is 13.0. The number of amides is 1. The molecule has 0 unspecified atom stereocenters. The third-order valence-corrected chi connectivity index (χ3v) is 5.17. The predicted octanol–water partition coefficient (Wildman–Crippen LogP) is 3.58. The van der Waals surface area contributed by atoms with Gasteiger partial charge in [-0.1, -0.05) is 12.1 Å². The highest BCUT2D eigenvalue weighted by Gasteiger charge is 2.15. The fourth-order valence-corrected chi connectivity index (χ4v) is 3.49. The summed E-state index contributed by atoms with van der Waals surface area (Å²) >= 11 is 0. The molecule has 3 heterocycles. The molecule has 170 valence electrons. The lowest BCUT2D eigenvalue weighted by atomic mass is 10.2. The Morgan fingerprint density at radius 2 is 1.85 bits per heavy atom. The van der Waals surface area contributed by atoms with Gasteiger partial charge in [-0.05, 0) is 48.5 Å². The van der Waals surface area contributed by atoms with E-state index in [2.05, 4.69) is 20.4 Å². The normalized spacial score (nSPS) is 10.9. The number of furan rings is 1. The molecule has 0 radical (unpaired) electrons. The van der Waals surface area contributed by atoms with Crippen molar-refractivity contribution in [1.82, 2.24) is 19.7 Å². The Labute approximate surface area is 194 Å². The molecule has 0 fully saturated rings. The van der Waals surface area contributed by atoms with Gasteiger partial charge >= 0.3 is 0 Å². The molecule has 5 aromatic rings. The Balaban J connectivity index is 1.23. The number of carbonyl (C=O) groups is 1. The van der Waals surface area contributed by atoms with Gasteiger partial charge in [0.25, 0.3) is 5.91 Å². The summed E-state index contributed by atoms with van der Waals surface area (Å²) in [4.78, 5) is 21.1. The van der Waals surface area contributed by atoms with Gasteiger partial charge in [-0.2, -0.15) is 10.1 Å². The highest BCUT2D eigenvalue weighted by atomic mass is 16.5. The summed E-state index contributed by atoms with van der Waals surface area (Å²) in [6.45, 7) is 0.774. The first kappa shape index (κ1) is 21.0. The molecule has 1 amide bonds. The van der Waals surface area contributed by atoms with E-state index in [1.807, 2.05) is 12.1 Å². The largest absolute Gasteiger partial charge is 0.492 e. The van der Waals surface area contributed by atoms with Gasteiger partial charge in [-0.25, -0.2) is 9.67 Å². The monoisotopic (exact) mass is 455 g/mol. The van der Waals surface area contributed by atoms with Crippen LogP contribution in [0.2, 0.25) is 0 Å². The molecule has 0 saturated carbocycles. The minimum absolute atomic E-state index is 0.132. The second-order valence-corrected chi connectivity index (χ2v) is 7.43. The number of benzene rings is 2. The second kappa shape index (κ2) is 8.94. The van der Waals surface area contributed by atoms with Crippen molar-refractivity contribution in [1.29, 1.82) is 0 Å². The van der Waals surface area contributed by atoms with Gasteiger partial charge in [0.15, 0.2) is 11.4 Å². The zero-order chi connectivity index (χ0) is 23.5. The maximum absolute atomic E-state index is 12.5. The SMILES string of the molecule is Nc1nc(-c2ccco2)c2cnn(CCOc3ccc(C(=O)Nc4ccccc4N)cc3)c2n1. The lowest BCUT2D eigenvalue weighted by molar-refractivity contribution is 0.102. The van der Waals surface area contributed by atoms with E-state index in [9.17, 15) is 4.79 Å². The van der Waals surface area contributed by atoms with E-state index >= 15 is 0 Å². The van der Waals surface area contributed by atoms with Crippen LogP contribution in [0.5, 0.6) is 5.75 Å². The molecule has 0 bridgehead atoms. The van der Waals surface area contributed by atoms with Crippen molar-refractivity contribution in [3.63, 3.8) is 0 Å². The zero-order valence-corrected chi connectivity index (χ0v) is 18.0. The smallest absolute Gasteiger partial charge is 0.255 e. The topological polar surface area (TPSA) is 147 Å². The minimum atomic E-state index is -0.253. The van der Waals surface area contributed by atoms with E-state index in [1.54, 1.807) is 65.7 Å². The lowest BCUT2D eigenvalue weighted by Gasteiger charge is -2.10. The molecular formula is C24H21N7O3. The van der Waals surface area contributed by atoms with E-state index in [-0.39, 0.29) is 11.9 Å². The van der Waals surface area contributed by atoms with Crippen molar-refractivity contribution in [3.8, 4) is 17.2 Å². The molecule has 34 heavy (non-hydrogen) atoms. The Morgan fingerprint density at radius 1 is 1.03 bits per heavy atom. The Hall–Kier alpha value is -4.86. The summed E-state index contributed by atoms with van der Waals surface area (Å²) in [7, 11) is 0. The fourth-order valence-electron chi connectivity index (χ4n) is 3.49. The maximum atomic E-state index is 12.5. The van der Waals surface area contributed by atoms with Crippen molar-refractivity contribution in [3.05, 3.63) is 78.7 Å². The van der Waals surface area contributed by atoms with Crippen LogP contribution in [0.15, 0.2) is 77.5 Å². The number of aromatic nitrogens is 4. The number of nitrogens with one attached hydrogen (secondary N) is 1. The summed E-state index contributed by atoms with van der Waals surface area (Å²) in [5, 5.41) is 7.93. The summed E-state index contributed by atoms with van der Waals surface area (Å²) in [6.07, 6.45) is 3.25. The van der Waals surface area contributed by atoms with Crippen LogP contribution in [0, 0.1) is 0 Å². The minimum Gasteiger partial charge on any atom is -0.492 e. The van der Waals surface area contributed by atoms with Crippen LogP contribution in [0.25, 0.3) is 22.5 Å². The van der Waals surface area contributed by atoms with Crippen molar-refractivity contribution < 1.29 is 13.9 Å². The Bertz CT molecular complexity index is 1440. The number of fused-ring (bicyclic) bond motifs is 1. The van der Waals surface area contributed by atoms with Crippen LogP contribution in [0.4, 0.5) is 17.3 Å². The van der Waals surface area contributed by atoms with E-state index in [1.165, 1.54) is 0 Å². The third kappa shape index (κ3) is 4.24. The number of ether oxygens (including phenoxy) is 1. The zero-order valence-electron chi connectivity index (χ0n) is 18.0. The number of nitrogen functional groups attached to an aromatic ring is 2. The molecular weight excluding hydrogens is 434 g/mol. The number of nitrogens with zero attached hydrogens (tertiary/aromatic N) is 4. The van der Waals surface area contributed by atoms with Crippen LogP contribution in [0.3, 0.4) is 0 Å². The van der Waals surface area contributed by atoms with Crippen molar-refractivity contribution in [2.24, 2.45) is 0 Å². The third-order valence-electron chi connectivity index (χ3n) is 5.17. The van der Waals surface area contributed by atoms with Gasteiger partial charge in [-0.15, -0.1) is 0 Å². The molecule has 0 aliphatic rings. The van der Waals surface area contributed by atoms with Crippen molar-refractivity contribution in [2.45, 2.75) is 6.54 Å². The highest BCUT2D eigenvalue weighted by Crippen LogP contribution is 2.27. The number of carbonyl (C=O) groups excluding carboxylic acids is 1. The maximum Gasteiger partial charge on any atom is 0.255 e. The van der Waals surface area contributed by atoms with Gasteiger partial charge in [-0.3, -0.25) is 4.79 Å². The van der Waals surface area contributed by atoms with E-state index in [0.717, 1.165) is 5.39 Å². The number of hydrogen-bond acceptors (Lipinski definition) is 8. The molecule has 0 aliphatic carbocycles. The van der Waals surface area contributed by atoms with Gasteiger partial charge in [0.05, 0.1) is 35.8 Å². The number of nitrogens with two attached hydrogens (primary N) is 2. The van der Waals surface area contributed by atoms with Gasteiger partial charge < -0.3 is 25.9 Å². The van der Waals surface area contributed by atoms with E-state index in [4.69, 9.17) is 20.6 Å². The standard InChI is InChI=1S/C24H21N7O3/c25-18-4-1-2-5-19(18)28-23(32)15-7-9-16(10-8-15)33-13-11-31-22-17(14-27-31)21(29-24(26)30-22)20-6-3-12-34-20/h1-10,12,14H,11,13,25H2,(H,28,32)(H2,26,29,30). The number of anilines is 3. The van der Waals surface area contributed by atoms with E-state index in [0.29, 0.717) is 52.9 Å². The molecule has 0 atom stereocenters. The van der Waals surface area contributed by atoms with Crippen LogP contribution >= 0.6 is 0 Å². The van der Waals surface area contributed by atoms with Crippen LogP contribution in [-0.2, 0) is 6.54 Å². The molecule has 2 aromatic carbocycles. The fraction of sp³-hybridized carbons (Fsp3) is 0.0833. The van der Waals surface area contributed by atoms with Crippen molar-refractivity contribution >= 4 is 34.3 Å². The number of para-hydroxylation sites is 2. The molecule has 0 spiro atoms. The second-order valence-electron chi connectivity index (χ2n) is 7.43. The Kier molecular flexibility index (Phi) is 5.53. The quantitative estimate of drug-likeness (QED) is 0.316. The average molecular weight is 455 g/mol. The number of rotatable bonds is 7. The number of hydrogen-bond donors (Lipinski definition) is 3. The van der Waals surface area contributed by atoms with Gasteiger partial charge in [0, 0.05) is 5.56 Å². The first-order chi connectivity index (χ1) is 16.6. The van der Waals surface area contributed by atoms with E-state index < -0.39 is 0 Å². The molecule has 10 nitrogen and oxygen atoms in total. The first-order valence-corrected chi connectivity index (χ1v) is 10.5. The summed E-state index contributed by atoms with van der Waals surface area (Å²) in [6, 6.07) is 17.5. The molecule has 10 heteroatoms. The molecule has 5 N–H and O–H groups in total. The predicted molar refractivity (Wildman–Crippen MR) is 128 cm³/mol. The summed E-state index contributed by atoms with van der Waals surface area (Å²) in [5.41, 5.74) is 14.5. The first-order valence-electron chi connectivity index (χ1n) is 10.5. The van der Waals surface area contributed by atoms with Crippen molar-refractivity contribution in [2.75, 3.05) is 23.4 Å². The lowest BCUT2D eigenvalue weighted by Crippen LogP contribution is -2.13. The molecule has 3 aromatic heterocycles. The summed E-state index contributed by atoms with van der Waals surface area (Å²) in [5.74, 6) is 1.09. The van der Waals surface area contributed by atoms with Crippen LogP contribution in [0.1, 0.15) is 10.4 Å². The molecule has 0 saturated heterocycles. The Morgan fingerprint density at radius 3 is 2.62 bits per heavy atom. The molecule has 5 rings (SSSR count). The molecule has 0 aliphatic heterocycles. The average Bonchev–Trinajstić information content (AvgIpc) is 3.51.